The molecule has 42 heavy (non-hydrogen) atoms. The number of halogens is 2. The van der Waals surface area contributed by atoms with E-state index in [2.05, 4.69) is 42.3 Å². The van der Waals surface area contributed by atoms with Crippen molar-refractivity contribution >= 4 is 54.9 Å². The van der Waals surface area contributed by atoms with Gasteiger partial charge >= 0.3 is 0 Å². The van der Waals surface area contributed by atoms with E-state index >= 15 is 4.39 Å². The van der Waals surface area contributed by atoms with Crippen LogP contribution in [0, 0.1) is 5.82 Å². The van der Waals surface area contributed by atoms with E-state index in [-0.39, 0.29) is 17.8 Å². The quantitative estimate of drug-likeness (QED) is 0.194. The number of rotatable bonds is 6. The molecule has 0 bridgehead atoms. The maximum absolute atomic E-state index is 18.4. The highest BCUT2D eigenvalue weighted by atomic mass is 19.1. The van der Waals surface area contributed by atoms with Crippen LogP contribution in [0.15, 0.2) is 133 Å². The summed E-state index contributed by atoms with van der Waals surface area (Å²) in [5.41, 5.74) is 6.41. The Hall–Kier alpha value is -4.96. The van der Waals surface area contributed by atoms with E-state index < -0.39 is 5.79 Å². The molecule has 0 aliphatic heterocycles. The average molecular weight is 553 g/mol. The summed E-state index contributed by atoms with van der Waals surface area (Å²) in [5, 5.41) is 4.26. The van der Waals surface area contributed by atoms with Crippen LogP contribution < -0.4 is 0 Å². The number of alkyl halides is 1. The van der Waals surface area contributed by atoms with Crippen LogP contribution in [-0.4, -0.2) is 9.13 Å². The van der Waals surface area contributed by atoms with E-state index in [0.29, 0.717) is 5.56 Å². The third kappa shape index (κ3) is 3.90. The molecule has 0 saturated heterocycles. The summed E-state index contributed by atoms with van der Waals surface area (Å²) in [4.78, 5) is 0. The number of hydrogen-bond donors (Lipinski definition) is 0. The fourth-order valence-corrected chi connectivity index (χ4v) is 6.45. The Bertz CT molecular complexity index is 2070. The second kappa shape index (κ2) is 9.85. The Labute approximate surface area is 243 Å². The van der Waals surface area contributed by atoms with Gasteiger partial charge in [-0.2, -0.15) is 0 Å². The van der Waals surface area contributed by atoms with Crippen LogP contribution in [0.2, 0.25) is 0 Å². The SMILES string of the molecule is C=C(c1ccc(F)cc1)C(F)(C/C(C)=C(\C)n1c2ccccc2c2ccccc21)n1c2ccccc2c2ccccc21. The number of allylic oxidation sites excluding steroid dienone is 3. The van der Waals surface area contributed by atoms with Crippen LogP contribution in [0.5, 0.6) is 0 Å². The molecule has 0 spiro atoms. The molecule has 0 fully saturated rings. The highest BCUT2D eigenvalue weighted by Gasteiger charge is 2.39. The first-order valence-corrected chi connectivity index (χ1v) is 14.2. The summed E-state index contributed by atoms with van der Waals surface area (Å²) < 4.78 is 36.3. The van der Waals surface area contributed by atoms with E-state index in [1.807, 2.05) is 79.7 Å². The second-order valence-corrected chi connectivity index (χ2v) is 11.0. The molecule has 4 heteroatoms. The normalized spacial score (nSPS) is 14.0. The molecule has 2 heterocycles. The zero-order chi connectivity index (χ0) is 29.0. The minimum absolute atomic E-state index is 0.0541. The van der Waals surface area contributed by atoms with Gasteiger partial charge in [-0.3, -0.25) is 0 Å². The summed E-state index contributed by atoms with van der Waals surface area (Å²) >= 11 is 0. The lowest BCUT2D eigenvalue weighted by Crippen LogP contribution is -2.30. The van der Waals surface area contributed by atoms with E-state index in [9.17, 15) is 4.39 Å². The van der Waals surface area contributed by atoms with Crippen LogP contribution in [0.1, 0.15) is 25.8 Å². The van der Waals surface area contributed by atoms with Gasteiger partial charge < -0.3 is 9.13 Å². The minimum atomic E-state index is -2.05. The zero-order valence-corrected chi connectivity index (χ0v) is 23.6. The van der Waals surface area contributed by atoms with Crippen molar-refractivity contribution < 1.29 is 8.78 Å². The van der Waals surface area contributed by atoms with Crippen LogP contribution >= 0.6 is 0 Å². The average Bonchev–Trinajstić information content (AvgIpc) is 3.54. The minimum Gasteiger partial charge on any atom is -0.313 e. The molecular weight excluding hydrogens is 522 g/mol. The summed E-state index contributed by atoms with van der Waals surface area (Å²) in [7, 11) is 0. The molecule has 0 radical (unpaired) electrons. The van der Waals surface area contributed by atoms with E-state index in [0.717, 1.165) is 54.9 Å². The highest BCUT2D eigenvalue weighted by molar-refractivity contribution is 6.10. The van der Waals surface area contributed by atoms with E-state index in [4.69, 9.17) is 0 Å². The topological polar surface area (TPSA) is 9.86 Å². The molecule has 5 aromatic carbocycles. The Morgan fingerprint density at radius 1 is 0.619 bits per heavy atom. The molecule has 7 rings (SSSR count). The van der Waals surface area contributed by atoms with Gasteiger partial charge in [0.05, 0.1) is 22.1 Å². The summed E-state index contributed by atoms with van der Waals surface area (Å²) in [6.45, 7) is 8.38. The lowest BCUT2D eigenvalue weighted by molar-refractivity contribution is 0.158. The number of benzene rings is 5. The van der Waals surface area contributed by atoms with Crippen molar-refractivity contribution in [3.05, 3.63) is 145 Å². The molecule has 0 N–H and O–H groups in total. The summed E-state index contributed by atoms with van der Waals surface area (Å²) in [5.74, 6) is -2.42. The van der Waals surface area contributed by atoms with Gasteiger partial charge in [0.15, 0.2) is 0 Å². The highest BCUT2D eigenvalue weighted by Crippen LogP contribution is 2.46. The maximum Gasteiger partial charge on any atom is 0.216 e. The predicted octanol–water partition coefficient (Wildman–Crippen LogP) is 10.7. The largest absolute Gasteiger partial charge is 0.313 e. The molecule has 1 atom stereocenters. The van der Waals surface area contributed by atoms with E-state index in [1.54, 1.807) is 16.7 Å². The standard InChI is InChI=1S/C38H30F2N2/c1-25(27(3)41-34-16-8-4-12-30(34)31-13-5-9-17-35(31)41)24-38(40,26(2)28-20-22-29(39)23-21-28)42-36-18-10-6-14-32(36)33-15-7-11-19-37(33)42/h4-23H,2,24H2,1,3H3/b27-25+. The molecule has 7 aromatic rings. The predicted molar refractivity (Wildman–Crippen MR) is 173 cm³/mol. The fraction of sp³-hybridized carbons (Fsp3) is 0.105. The van der Waals surface area contributed by atoms with Crippen LogP contribution in [-0.2, 0) is 5.79 Å². The first-order valence-electron chi connectivity index (χ1n) is 14.2. The third-order valence-electron chi connectivity index (χ3n) is 8.62. The van der Waals surface area contributed by atoms with Gasteiger partial charge in [0.1, 0.15) is 5.82 Å². The number of aromatic nitrogens is 2. The number of nitrogens with zero attached hydrogens (tertiary/aromatic N) is 2. The molecular formula is C38H30F2N2. The molecule has 0 amide bonds. The second-order valence-electron chi connectivity index (χ2n) is 11.0. The van der Waals surface area contributed by atoms with Crippen molar-refractivity contribution in [1.29, 1.82) is 0 Å². The Morgan fingerprint density at radius 2 is 1.02 bits per heavy atom. The Balaban J connectivity index is 1.48. The number of fused-ring (bicyclic) bond motifs is 6. The van der Waals surface area contributed by atoms with Crippen LogP contribution in [0.4, 0.5) is 8.78 Å². The molecule has 0 aliphatic rings. The van der Waals surface area contributed by atoms with Crippen molar-refractivity contribution in [3.63, 3.8) is 0 Å². The van der Waals surface area contributed by atoms with Crippen LogP contribution in [0.25, 0.3) is 54.9 Å². The maximum atomic E-state index is 18.4. The molecule has 2 aromatic heterocycles. The molecule has 2 nitrogen and oxygen atoms in total. The lowest BCUT2D eigenvalue weighted by atomic mass is 9.91. The smallest absolute Gasteiger partial charge is 0.216 e. The van der Waals surface area contributed by atoms with Crippen molar-refractivity contribution in [1.82, 2.24) is 9.13 Å². The lowest BCUT2D eigenvalue weighted by Gasteiger charge is -2.32. The van der Waals surface area contributed by atoms with Crippen molar-refractivity contribution in [2.75, 3.05) is 0 Å². The van der Waals surface area contributed by atoms with Gasteiger partial charge in [-0.25, -0.2) is 8.78 Å². The molecule has 0 saturated carbocycles. The monoisotopic (exact) mass is 552 g/mol. The molecule has 1 unspecified atom stereocenters. The third-order valence-corrected chi connectivity index (χ3v) is 8.62. The first-order chi connectivity index (χ1) is 20.4. The first kappa shape index (κ1) is 26.0. The van der Waals surface area contributed by atoms with Crippen molar-refractivity contribution in [2.45, 2.75) is 26.1 Å². The van der Waals surface area contributed by atoms with Gasteiger partial charge in [0.25, 0.3) is 0 Å². The zero-order valence-electron chi connectivity index (χ0n) is 23.6. The summed E-state index contributed by atoms with van der Waals surface area (Å²) in [6, 6.07) is 38.4. The van der Waals surface area contributed by atoms with Crippen molar-refractivity contribution in [3.8, 4) is 0 Å². The fourth-order valence-electron chi connectivity index (χ4n) is 6.45. The van der Waals surface area contributed by atoms with E-state index in [1.165, 1.54) is 12.1 Å². The van der Waals surface area contributed by atoms with Gasteiger partial charge in [-0.1, -0.05) is 91.5 Å². The van der Waals surface area contributed by atoms with Gasteiger partial charge in [0.2, 0.25) is 5.79 Å². The van der Waals surface area contributed by atoms with Crippen molar-refractivity contribution in [2.24, 2.45) is 0 Å². The molecule has 206 valence electrons. The summed E-state index contributed by atoms with van der Waals surface area (Å²) in [6.07, 6.45) is 0.0541. The van der Waals surface area contributed by atoms with Gasteiger partial charge in [-0.15, -0.1) is 0 Å². The Kier molecular flexibility index (Phi) is 6.09. The number of para-hydroxylation sites is 4. The number of hydrogen-bond acceptors (Lipinski definition) is 0. The Morgan fingerprint density at radius 3 is 1.50 bits per heavy atom. The molecule has 0 aliphatic carbocycles. The van der Waals surface area contributed by atoms with Gasteiger partial charge in [-0.05, 0) is 61.4 Å². The van der Waals surface area contributed by atoms with Gasteiger partial charge in [0, 0.05) is 39.2 Å². The van der Waals surface area contributed by atoms with Crippen LogP contribution in [0.3, 0.4) is 0 Å².